The molecule has 0 bridgehead atoms. The Morgan fingerprint density at radius 1 is 1.23 bits per heavy atom. The van der Waals surface area contributed by atoms with E-state index in [-0.39, 0.29) is 18.2 Å². The average Bonchev–Trinajstić information content (AvgIpc) is 3.12. The molecule has 0 saturated heterocycles. The number of nitrogens with zero attached hydrogens (tertiary/aromatic N) is 3. The zero-order chi connectivity index (χ0) is 21.9. The molecule has 2 aromatic heterocycles. The lowest BCUT2D eigenvalue weighted by Gasteiger charge is -2.23. The highest BCUT2D eigenvalue weighted by Gasteiger charge is 2.27. The molecule has 30 heavy (non-hydrogen) atoms. The Balaban J connectivity index is 1.79. The van der Waals surface area contributed by atoms with Gasteiger partial charge in [0.2, 0.25) is 0 Å². The molecule has 1 atom stereocenters. The van der Waals surface area contributed by atoms with Crippen molar-refractivity contribution in [3.63, 3.8) is 0 Å². The highest BCUT2D eigenvalue weighted by atomic mass is 32.1. The predicted molar refractivity (Wildman–Crippen MR) is 117 cm³/mol. The van der Waals surface area contributed by atoms with Crippen LogP contribution < -0.4 is 16.0 Å². The molecule has 160 valence electrons. The molecular weight excluding hydrogens is 407 g/mol. The van der Waals surface area contributed by atoms with Crippen molar-refractivity contribution in [3.05, 3.63) is 36.0 Å². The summed E-state index contributed by atoms with van der Waals surface area (Å²) in [5, 5.41) is 18.6. The number of rotatable bonds is 8. The van der Waals surface area contributed by atoms with Crippen LogP contribution in [0.2, 0.25) is 0 Å². The van der Waals surface area contributed by atoms with Crippen molar-refractivity contribution in [3.8, 4) is 0 Å². The molecule has 2 heterocycles. The summed E-state index contributed by atoms with van der Waals surface area (Å²) in [5.41, 5.74) is 1.72. The molecule has 0 aliphatic rings. The number of alkyl halides is 1. The van der Waals surface area contributed by atoms with E-state index in [1.165, 1.54) is 20.0 Å². The Hall–Kier alpha value is -2.85. The fourth-order valence-electron chi connectivity index (χ4n) is 2.67. The zero-order valence-corrected chi connectivity index (χ0v) is 18.0. The minimum atomic E-state index is -1.59. The molecule has 0 fully saturated rings. The Bertz CT molecular complexity index is 1030. The van der Waals surface area contributed by atoms with Gasteiger partial charge in [-0.15, -0.1) is 0 Å². The number of carbonyl (C=O) groups is 1. The summed E-state index contributed by atoms with van der Waals surface area (Å²) in [6.07, 6.45) is -0.158. The van der Waals surface area contributed by atoms with E-state index < -0.39 is 17.7 Å². The van der Waals surface area contributed by atoms with Crippen LogP contribution in [0, 0.1) is 0 Å². The summed E-state index contributed by atoms with van der Waals surface area (Å²) < 4.78 is 22.4. The number of hydrogen-bond donors (Lipinski definition) is 4. The Morgan fingerprint density at radius 3 is 2.67 bits per heavy atom. The number of carbonyl (C=O) groups excluding carboxylic acids is 1. The number of pyridine rings is 1. The molecule has 0 aliphatic carbocycles. The smallest absolute Gasteiger partial charge is 0.255 e. The third-order valence-electron chi connectivity index (χ3n) is 4.33. The third kappa shape index (κ3) is 5.39. The van der Waals surface area contributed by atoms with Crippen molar-refractivity contribution < 1.29 is 14.3 Å². The summed E-state index contributed by atoms with van der Waals surface area (Å²) >= 11 is 1.15. The van der Waals surface area contributed by atoms with Crippen molar-refractivity contribution in [2.45, 2.75) is 45.5 Å². The first-order valence-electron chi connectivity index (χ1n) is 9.54. The van der Waals surface area contributed by atoms with Gasteiger partial charge in [0, 0.05) is 24.0 Å². The summed E-state index contributed by atoms with van der Waals surface area (Å²) in [6.45, 7) is 6.31. The van der Waals surface area contributed by atoms with Crippen LogP contribution in [0.25, 0.3) is 11.0 Å². The third-order valence-corrected chi connectivity index (χ3v) is 4.88. The van der Waals surface area contributed by atoms with Gasteiger partial charge in [-0.2, -0.15) is 8.75 Å². The van der Waals surface area contributed by atoms with E-state index in [0.29, 0.717) is 11.5 Å². The summed E-state index contributed by atoms with van der Waals surface area (Å²) in [4.78, 5) is 16.9. The van der Waals surface area contributed by atoms with Crippen LogP contribution in [0.4, 0.5) is 21.6 Å². The molecule has 0 saturated carbocycles. The number of benzene rings is 1. The molecule has 1 aromatic carbocycles. The van der Waals surface area contributed by atoms with Gasteiger partial charge in [-0.25, -0.2) is 9.37 Å². The molecule has 1 amide bonds. The first-order valence-corrected chi connectivity index (χ1v) is 10.3. The molecule has 0 spiro atoms. The highest BCUT2D eigenvalue weighted by Crippen LogP contribution is 2.24. The lowest BCUT2D eigenvalue weighted by molar-refractivity contribution is -0.00177. The second-order valence-electron chi connectivity index (χ2n) is 7.84. The number of halogens is 1. The molecular formula is C20H25FN6O2S. The topological polar surface area (TPSA) is 112 Å². The van der Waals surface area contributed by atoms with Gasteiger partial charge in [0.1, 0.15) is 23.0 Å². The fraction of sp³-hybridized carbons (Fsp3) is 0.400. The maximum absolute atomic E-state index is 14.0. The van der Waals surface area contributed by atoms with Crippen molar-refractivity contribution in [1.82, 2.24) is 19.0 Å². The largest absolute Gasteiger partial charge is 0.387 e. The minimum Gasteiger partial charge on any atom is -0.387 e. The van der Waals surface area contributed by atoms with E-state index in [1.807, 2.05) is 32.0 Å². The van der Waals surface area contributed by atoms with Crippen LogP contribution >= 0.6 is 11.7 Å². The van der Waals surface area contributed by atoms with Gasteiger partial charge in [-0.05, 0) is 45.9 Å². The number of nitrogens with one attached hydrogen (secondary N) is 3. The van der Waals surface area contributed by atoms with Gasteiger partial charge in [0.25, 0.3) is 5.91 Å². The van der Waals surface area contributed by atoms with Crippen molar-refractivity contribution in [1.29, 1.82) is 0 Å². The van der Waals surface area contributed by atoms with Crippen LogP contribution in [0.15, 0.2) is 30.5 Å². The van der Waals surface area contributed by atoms with Crippen molar-refractivity contribution >= 4 is 45.9 Å². The number of amides is 1. The second kappa shape index (κ2) is 8.88. The van der Waals surface area contributed by atoms with Gasteiger partial charge in [-0.1, -0.05) is 0 Å². The summed E-state index contributed by atoms with van der Waals surface area (Å²) in [6, 6.07) is 7.40. The van der Waals surface area contributed by atoms with E-state index in [2.05, 4.69) is 29.7 Å². The molecule has 0 radical (unpaired) electrons. The number of hydrogen-bond acceptors (Lipinski definition) is 8. The van der Waals surface area contributed by atoms with Crippen LogP contribution in [-0.2, 0) is 0 Å². The Morgan fingerprint density at radius 2 is 1.97 bits per heavy atom. The van der Waals surface area contributed by atoms with E-state index >= 15 is 0 Å². The van der Waals surface area contributed by atoms with Gasteiger partial charge < -0.3 is 21.1 Å². The normalized spacial score (nSPS) is 12.8. The summed E-state index contributed by atoms with van der Waals surface area (Å²) in [5.74, 6) is 0.0659. The minimum absolute atomic E-state index is 0.0644. The maximum atomic E-state index is 14.0. The first-order chi connectivity index (χ1) is 14.1. The van der Waals surface area contributed by atoms with Crippen molar-refractivity contribution in [2.24, 2.45) is 0 Å². The van der Waals surface area contributed by atoms with Gasteiger partial charge >= 0.3 is 0 Å². The van der Waals surface area contributed by atoms with Crippen LogP contribution in [0.1, 0.15) is 38.1 Å². The maximum Gasteiger partial charge on any atom is 0.255 e. The number of fused-ring (bicyclic) bond motifs is 1. The van der Waals surface area contributed by atoms with Crippen molar-refractivity contribution in [2.75, 3.05) is 17.2 Å². The monoisotopic (exact) mass is 432 g/mol. The van der Waals surface area contributed by atoms with E-state index in [1.54, 1.807) is 6.07 Å². The molecule has 3 rings (SSSR count). The van der Waals surface area contributed by atoms with Gasteiger partial charge in [0.15, 0.2) is 0 Å². The fourth-order valence-corrected chi connectivity index (χ4v) is 3.19. The number of anilines is 3. The van der Waals surface area contributed by atoms with Gasteiger partial charge in [-0.3, -0.25) is 4.79 Å². The predicted octanol–water partition coefficient (Wildman–Crippen LogP) is 3.49. The SMILES string of the molecule is CC(C)Nc1cc(Nc2ccc3nsnc3c2)ncc1C(=O)NC[C@@H](F)C(C)(C)O. The standard InChI is InChI=1S/C20H25FN6O2S/c1-11(2)24-15-8-18(25-12-5-6-14-16(7-12)27-30-26-14)22-9-13(15)19(28)23-10-17(21)20(3,4)29/h5-9,11,17,29H,10H2,1-4H3,(H,23,28)(H2,22,24,25)/t17-/m1/s1. The molecule has 0 unspecified atom stereocenters. The lowest BCUT2D eigenvalue weighted by Crippen LogP contribution is -2.42. The zero-order valence-electron chi connectivity index (χ0n) is 17.2. The summed E-state index contributed by atoms with van der Waals surface area (Å²) in [7, 11) is 0. The van der Waals surface area contributed by atoms with E-state index in [0.717, 1.165) is 28.4 Å². The molecule has 3 aromatic rings. The first kappa shape index (κ1) is 21.8. The van der Waals surface area contributed by atoms with E-state index in [4.69, 9.17) is 0 Å². The second-order valence-corrected chi connectivity index (χ2v) is 8.37. The van der Waals surface area contributed by atoms with Crippen LogP contribution in [-0.4, -0.2) is 49.1 Å². The molecule has 8 nitrogen and oxygen atoms in total. The number of aliphatic hydroxyl groups is 1. The molecule has 0 aliphatic heterocycles. The average molecular weight is 433 g/mol. The van der Waals surface area contributed by atoms with E-state index in [9.17, 15) is 14.3 Å². The van der Waals surface area contributed by atoms with Gasteiger partial charge in [0.05, 0.1) is 35.1 Å². The molecule has 4 N–H and O–H groups in total. The quantitative estimate of drug-likeness (QED) is 0.431. The number of aromatic nitrogens is 3. The molecule has 10 heteroatoms. The van der Waals surface area contributed by atoms with Crippen LogP contribution in [0.3, 0.4) is 0 Å². The Labute approximate surface area is 178 Å². The Kier molecular flexibility index (Phi) is 6.47. The highest BCUT2D eigenvalue weighted by molar-refractivity contribution is 7.00. The lowest BCUT2D eigenvalue weighted by atomic mass is 10.0. The van der Waals surface area contributed by atoms with Crippen LogP contribution in [0.5, 0.6) is 0 Å².